The first-order valence-corrected chi connectivity index (χ1v) is 3.84. The predicted molar refractivity (Wildman–Crippen MR) is 46.0 cm³/mol. The molecule has 0 radical (unpaired) electrons. The molecule has 1 heterocycles. The summed E-state index contributed by atoms with van der Waals surface area (Å²) < 4.78 is 24.9. The third-order valence-electron chi connectivity index (χ3n) is 1.69. The minimum atomic E-state index is -3.09. The van der Waals surface area contributed by atoms with Crippen molar-refractivity contribution in [3.63, 3.8) is 0 Å². The molecule has 0 aliphatic carbocycles. The highest BCUT2D eigenvalue weighted by atomic mass is 19.3. The fraction of sp³-hybridized carbons (Fsp3) is 0.125. The average Bonchev–Trinajstić information content (AvgIpc) is 2.26. The molecule has 0 aromatic carbocycles. The highest BCUT2D eigenvalue weighted by Crippen LogP contribution is 2.28. The number of pyridine rings is 1. The van der Waals surface area contributed by atoms with Crippen LogP contribution in [0.25, 0.3) is 0 Å². The van der Waals surface area contributed by atoms with E-state index in [1.54, 1.807) is 0 Å². The first kappa shape index (κ1) is 11.6. The van der Waals surface area contributed by atoms with Crippen molar-refractivity contribution >= 4 is 12.1 Å². The van der Waals surface area contributed by atoms with Crippen LogP contribution in [0.1, 0.15) is 28.0 Å². The maximum absolute atomic E-state index is 12.5. The summed E-state index contributed by atoms with van der Waals surface area (Å²) in [6, 6.07) is 1.93. The molecule has 1 aromatic rings. The minimum Gasteiger partial charge on any atom is -0.358 e. The van der Waals surface area contributed by atoms with Gasteiger partial charge in [0.25, 0.3) is 6.43 Å². The number of rotatable bonds is 3. The lowest BCUT2D eigenvalue weighted by Gasteiger charge is -2.02. The number of hydrogen-bond acceptors (Lipinski definition) is 5. The van der Waals surface area contributed by atoms with Gasteiger partial charge in [-0.05, 0) is 9.91 Å². The number of carbonyl (C=O) groups excluding carboxylic acids is 1. The average molecular weight is 227 g/mol. The van der Waals surface area contributed by atoms with Crippen LogP contribution >= 0.6 is 0 Å². The molecular formula is C8H3F2N3O3. The number of aldehydes is 1. The predicted octanol–water partition coefficient (Wildman–Crippen LogP) is 1.61. The lowest BCUT2D eigenvalue weighted by Crippen LogP contribution is -2.04. The standard InChI is InChI=1S/C8H3F2N3O3/c9-7(10)5-1-4(3-14)12-8(13(15)16)6(5)2-11/h1,3,7H. The van der Waals surface area contributed by atoms with Gasteiger partial charge >= 0.3 is 5.82 Å². The van der Waals surface area contributed by atoms with Crippen LogP contribution < -0.4 is 0 Å². The lowest BCUT2D eigenvalue weighted by molar-refractivity contribution is -0.389. The van der Waals surface area contributed by atoms with E-state index < -0.39 is 34.0 Å². The van der Waals surface area contributed by atoms with Crippen LogP contribution in [0, 0.1) is 21.4 Å². The van der Waals surface area contributed by atoms with Crippen LogP contribution in [-0.4, -0.2) is 16.2 Å². The second-order valence-corrected chi connectivity index (χ2v) is 2.62. The van der Waals surface area contributed by atoms with Crippen molar-refractivity contribution in [2.45, 2.75) is 6.43 Å². The molecule has 0 bridgehead atoms. The van der Waals surface area contributed by atoms with E-state index in [0.717, 1.165) is 0 Å². The number of alkyl halides is 2. The molecule has 0 aliphatic rings. The summed E-state index contributed by atoms with van der Waals surface area (Å²) in [5, 5.41) is 19.0. The molecule has 0 atom stereocenters. The van der Waals surface area contributed by atoms with Gasteiger partial charge in [0.05, 0.1) is 0 Å². The number of nitro groups is 1. The Morgan fingerprint density at radius 3 is 2.62 bits per heavy atom. The summed E-state index contributed by atoms with van der Waals surface area (Å²) in [6.07, 6.45) is -2.99. The molecule has 0 aliphatic heterocycles. The molecule has 0 amide bonds. The summed E-state index contributed by atoms with van der Waals surface area (Å²) in [6.45, 7) is 0. The number of carbonyl (C=O) groups is 1. The van der Waals surface area contributed by atoms with Gasteiger partial charge in [-0.25, -0.2) is 8.78 Å². The van der Waals surface area contributed by atoms with Crippen LogP contribution in [0.5, 0.6) is 0 Å². The summed E-state index contributed by atoms with van der Waals surface area (Å²) in [5.41, 5.74) is -2.21. The zero-order chi connectivity index (χ0) is 12.3. The highest BCUT2D eigenvalue weighted by molar-refractivity contribution is 5.74. The Morgan fingerprint density at radius 1 is 1.62 bits per heavy atom. The van der Waals surface area contributed by atoms with Crippen molar-refractivity contribution in [2.24, 2.45) is 0 Å². The number of aromatic nitrogens is 1. The zero-order valence-electron chi connectivity index (χ0n) is 7.55. The number of nitriles is 1. The first-order valence-electron chi connectivity index (χ1n) is 3.84. The van der Waals surface area contributed by atoms with Crippen LogP contribution in [0.3, 0.4) is 0 Å². The van der Waals surface area contributed by atoms with Gasteiger partial charge in [0.2, 0.25) is 5.69 Å². The van der Waals surface area contributed by atoms with Crippen molar-refractivity contribution < 1.29 is 18.5 Å². The van der Waals surface area contributed by atoms with E-state index in [0.29, 0.717) is 6.07 Å². The maximum atomic E-state index is 12.5. The number of halogens is 2. The van der Waals surface area contributed by atoms with E-state index >= 15 is 0 Å². The van der Waals surface area contributed by atoms with E-state index in [1.165, 1.54) is 6.07 Å². The van der Waals surface area contributed by atoms with Crippen molar-refractivity contribution in [1.29, 1.82) is 5.26 Å². The molecular weight excluding hydrogens is 224 g/mol. The van der Waals surface area contributed by atoms with E-state index in [9.17, 15) is 23.7 Å². The third kappa shape index (κ3) is 1.98. The van der Waals surface area contributed by atoms with Gasteiger partial charge in [0.15, 0.2) is 11.8 Å². The molecule has 16 heavy (non-hydrogen) atoms. The topological polar surface area (TPSA) is 96.9 Å². The molecule has 0 fully saturated rings. The summed E-state index contributed by atoms with van der Waals surface area (Å²) >= 11 is 0. The van der Waals surface area contributed by atoms with E-state index in [2.05, 4.69) is 4.98 Å². The Bertz CT molecular complexity index is 496. The molecule has 8 heteroatoms. The van der Waals surface area contributed by atoms with Gasteiger partial charge in [-0.15, -0.1) is 0 Å². The smallest absolute Gasteiger partial charge is 0.358 e. The van der Waals surface area contributed by atoms with Gasteiger partial charge in [-0.1, -0.05) is 0 Å². The SMILES string of the molecule is N#Cc1c(C(F)F)cc(C=O)nc1[N+](=O)[O-]. The second kappa shape index (κ2) is 4.39. The first-order chi connectivity index (χ1) is 7.51. The molecule has 0 N–H and O–H groups in total. The molecule has 0 unspecified atom stereocenters. The molecule has 82 valence electrons. The summed E-state index contributed by atoms with van der Waals surface area (Å²) in [7, 11) is 0. The monoisotopic (exact) mass is 227 g/mol. The van der Waals surface area contributed by atoms with Crippen molar-refractivity contribution in [2.75, 3.05) is 0 Å². The van der Waals surface area contributed by atoms with E-state index in [4.69, 9.17) is 5.26 Å². The number of hydrogen-bond donors (Lipinski definition) is 0. The van der Waals surface area contributed by atoms with Gasteiger partial charge in [0, 0.05) is 11.6 Å². The van der Waals surface area contributed by atoms with Gasteiger partial charge in [-0.3, -0.25) is 4.79 Å². The molecule has 1 aromatic heterocycles. The van der Waals surface area contributed by atoms with Gasteiger partial charge in [-0.2, -0.15) is 5.26 Å². The van der Waals surface area contributed by atoms with Crippen molar-refractivity contribution in [3.8, 4) is 6.07 Å². The summed E-state index contributed by atoms with van der Waals surface area (Å²) in [5.74, 6) is -1.04. The fourth-order valence-corrected chi connectivity index (χ4v) is 1.05. The molecule has 1 rings (SSSR count). The molecule has 0 saturated heterocycles. The van der Waals surface area contributed by atoms with Crippen LogP contribution in [0.15, 0.2) is 6.07 Å². The second-order valence-electron chi connectivity index (χ2n) is 2.62. The van der Waals surface area contributed by atoms with Crippen molar-refractivity contribution in [3.05, 3.63) is 33.0 Å². The van der Waals surface area contributed by atoms with Crippen molar-refractivity contribution in [1.82, 2.24) is 4.98 Å². The fourth-order valence-electron chi connectivity index (χ4n) is 1.05. The van der Waals surface area contributed by atoms with E-state index in [-0.39, 0.29) is 6.29 Å². The molecule has 0 spiro atoms. The third-order valence-corrected chi connectivity index (χ3v) is 1.69. The Kier molecular flexibility index (Phi) is 3.20. The quantitative estimate of drug-likeness (QED) is 0.443. The Labute approximate surface area is 87.3 Å². The zero-order valence-corrected chi connectivity index (χ0v) is 7.55. The van der Waals surface area contributed by atoms with Crippen LogP contribution in [0.2, 0.25) is 0 Å². The summed E-state index contributed by atoms with van der Waals surface area (Å²) in [4.78, 5) is 22.9. The Morgan fingerprint density at radius 2 is 2.25 bits per heavy atom. The highest BCUT2D eigenvalue weighted by Gasteiger charge is 2.26. The molecule has 0 saturated carbocycles. The molecule has 6 nitrogen and oxygen atoms in total. The maximum Gasteiger partial charge on any atom is 0.382 e. The Hall–Kier alpha value is -2.43. The van der Waals surface area contributed by atoms with Gasteiger partial charge in [0.1, 0.15) is 6.07 Å². The Balaban J connectivity index is 3.60. The minimum absolute atomic E-state index is 0.0973. The van der Waals surface area contributed by atoms with Gasteiger partial charge < -0.3 is 10.1 Å². The van der Waals surface area contributed by atoms with Crippen LogP contribution in [0.4, 0.5) is 14.6 Å². The largest absolute Gasteiger partial charge is 0.382 e. The number of nitrogens with zero attached hydrogens (tertiary/aromatic N) is 3. The van der Waals surface area contributed by atoms with Crippen LogP contribution in [-0.2, 0) is 0 Å². The normalized spacial score (nSPS) is 9.88. The van der Waals surface area contributed by atoms with E-state index in [1.807, 2.05) is 0 Å². The lowest BCUT2D eigenvalue weighted by atomic mass is 10.1.